The van der Waals surface area contributed by atoms with Gasteiger partial charge in [-0.2, -0.15) is 0 Å². The number of aryl methyl sites for hydroxylation is 1. The number of benzene rings is 1. The number of fused-ring (bicyclic) bond motifs is 3. The average molecular weight is 309 g/mol. The van der Waals surface area contributed by atoms with Crippen LogP contribution in [0.3, 0.4) is 0 Å². The van der Waals surface area contributed by atoms with E-state index in [9.17, 15) is 4.79 Å². The van der Waals surface area contributed by atoms with E-state index in [-0.39, 0.29) is 5.56 Å². The van der Waals surface area contributed by atoms with Gasteiger partial charge in [-0.3, -0.25) is 15.0 Å². The van der Waals surface area contributed by atoms with Gasteiger partial charge in [0, 0.05) is 5.56 Å². The normalized spacial score (nSPS) is 14.5. The van der Waals surface area contributed by atoms with Crippen molar-refractivity contribution in [3.05, 3.63) is 45.7 Å². The van der Waals surface area contributed by atoms with Crippen LogP contribution in [-0.2, 0) is 12.8 Å². The molecular formula is C18H19N3O2. The maximum absolute atomic E-state index is 12.2. The summed E-state index contributed by atoms with van der Waals surface area (Å²) >= 11 is 0. The van der Waals surface area contributed by atoms with Crippen molar-refractivity contribution >= 4 is 11.0 Å². The lowest BCUT2D eigenvalue weighted by molar-refractivity contribution is 0.415. The minimum absolute atomic E-state index is 0.0630. The van der Waals surface area contributed by atoms with Crippen LogP contribution in [0, 0.1) is 0 Å². The van der Waals surface area contributed by atoms with Gasteiger partial charge in [-0.05, 0) is 61.1 Å². The van der Waals surface area contributed by atoms with Crippen LogP contribution in [0.15, 0.2) is 29.1 Å². The van der Waals surface area contributed by atoms with Crippen LogP contribution in [0.2, 0.25) is 0 Å². The number of aromatic nitrogens is 3. The molecule has 0 amide bonds. The molecular weight excluding hydrogens is 290 g/mol. The number of aromatic amines is 2. The van der Waals surface area contributed by atoms with Crippen molar-refractivity contribution < 1.29 is 4.74 Å². The van der Waals surface area contributed by atoms with E-state index in [2.05, 4.69) is 10.2 Å². The zero-order chi connectivity index (χ0) is 15.8. The summed E-state index contributed by atoms with van der Waals surface area (Å²) in [4.78, 5) is 16.9. The van der Waals surface area contributed by atoms with Crippen molar-refractivity contribution in [2.45, 2.75) is 32.1 Å². The zero-order valence-electron chi connectivity index (χ0n) is 13.1. The second-order valence-corrected chi connectivity index (χ2v) is 6.01. The van der Waals surface area contributed by atoms with Crippen molar-refractivity contribution in [3.8, 4) is 17.0 Å². The number of hydrogen-bond donors (Lipinski definition) is 2. The van der Waals surface area contributed by atoms with Gasteiger partial charge >= 0.3 is 0 Å². The number of ether oxygens (including phenoxy) is 1. The zero-order valence-corrected chi connectivity index (χ0v) is 13.1. The summed E-state index contributed by atoms with van der Waals surface area (Å²) in [5, 5.41) is 6.33. The molecule has 118 valence electrons. The second kappa shape index (κ2) is 5.57. The number of rotatable bonds is 2. The van der Waals surface area contributed by atoms with E-state index in [1.165, 1.54) is 17.5 Å². The molecule has 1 aromatic carbocycles. The number of pyridine rings is 1. The number of hydrogen-bond acceptors (Lipinski definition) is 3. The van der Waals surface area contributed by atoms with E-state index in [0.717, 1.165) is 48.1 Å². The largest absolute Gasteiger partial charge is 0.497 e. The molecule has 2 N–H and O–H groups in total. The molecule has 0 saturated carbocycles. The lowest BCUT2D eigenvalue weighted by Crippen LogP contribution is -2.06. The maximum atomic E-state index is 12.2. The van der Waals surface area contributed by atoms with Gasteiger partial charge in [-0.15, -0.1) is 0 Å². The van der Waals surface area contributed by atoms with Gasteiger partial charge in [0.1, 0.15) is 5.75 Å². The molecule has 1 aliphatic carbocycles. The van der Waals surface area contributed by atoms with Gasteiger partial charge in [0.15, 0.2) is 5.65 Å². The third-order valence-corrected chi connectivity index (χ3v) is 4.65. The minimum atomic E-state index is -0.0630. The molecule has 4 rings (SSSR count). The van der Waals surface area contributed by atoms with E-state index in [4.69, 9.17) is 9.72 Å². The van der Waals surface area contributed by atoms with Crippen LogP contribution in [-0.4, -0.2) is 22.3 Å². The Balaban J connectivity index is 1.98. The summed E-state index contributed by atoms with van der Waals surface area (Å²) in [5.41, 5.74) is 5.03. The SMILES string of the molecule is COc1ccc(-c2nc3[nH][nH]c(=O)c3c3c2CCCCC3)cc1. The summed E-state index contributed by atoms with van der Waals surface area (Å²) in [6.07, 6.45) is 5.38. The van der Waals surface area contributed by atoms with Crippen molar-refractivity contribution in [2.24, 2.45) is 0 Å². The van der Waals surface area contributed by atoms with Gasteiger partial charge < -0.3 is 4.74 Å². The summed E-state index contributed by atoms with van der Waals surface area (Å²) < 4.78 is 5.24. The fraction of sp³-hybridized carbons (Fsp3) is 0.333. The van der Waals surface area contributed by atoms with Crippen LogP contribution >= 0.6 is 0 Å². The minimum Gasteiger partial charge on any atom is -0.497 e. The first-order valence-electron chi connectivity index (χ1n) is 8.04. The smallest absolute Gasteiger partial charge is 0.273 e. The quantitative estimate of drug-likeness (QED) is 0.714. The van der Waals surface area contributed by atoms with E-state index in [0.29, 0.717) is 5.65 Å². The Labute approximate surface area is 133 Å². The molecule has 1 aliphatic rings. The topological polar surface area (TPSA) is 70.8 Å². The number of methoxy groups -OCH3 is 1. The molecule has 3 aromatic rings. The van der Waals surface area contributed by atoms with Crippen LogP contribution < -0.4 is 10.3 Å². The fourth-order valence-electron chi connectivity index (χ4n) is 3.50. The van der Waals surface area contributed by atoms with E-state index >= 15 is 0 Å². The molecule has 0 radical (unpaired) electrons. The van der Waals surface area contributed by atoms with Crippen molar-refractivity contribution in [1.29, 1.82) is 0 Å². The first-order valence-corrected chi connectivity index (χ1v) is 8.04. The summed E-state index contributed by atoms with van der Waals surface area (Å²) in [6.45, 7) is 0. The van der Waals surface area contributed by atoms with Crippen LogP contribution in [0.1, 0.15) is 30.4 Å². The second-order valence-electron chi connectivity index (χ2n) is 6.01. The molecule has 2 heterocycles. The maximum Gasteiger partial charge on any atom is 0.273 e. The average Bonchev–Trinajstić information content (AvgIpc) is 2.81. The van der Waals surface area contributed by atoms with Crippen molar-refractivity contribution in [3.63, 3.8) is 0 Å². The third kappa shape index (κ3) is 2.32. The summed E-state index contributed by atoms with van der Waals surface area (Å²) in [7, 11) is 1.66. The molecule has 5 heteroatoms. The molecule has 0 saturated heterocycles. The highest BCUT2D eigenvalue weighted by Gasteiger charge is 2.20. The Morgan fingerprint density at radius 1 is 1.00 bits per heavy atom. The molecule has 0 spiro atoms. The number of nitrogens with zero attached hydrogens (tertiary/aromatic N) is 1. The van der Waals surface area contributed by atoms with Crippen molar-refractivity contribution in [2.75, 3.05) is 7.11 Å². The van der Waals surface area contributed by atoms with Crippen LogP contribution in [0.25, 0.3) is 22.3 Å². The number of nitrogens with one attached hydrogen (secondary N) is 2. The Kier molecular flexibility index (Phi) is 3.41. The Hall–Kier alpha value is -2.56. The van der Waals surface area contributed by atoms with Gasteiger partial charge in [-0.1, -0.05) is 6.42 Å². The molecule has 5 nitrogen and oxygen atoms in total. The predicted octanol–water partition coefficient (Wildman–Crippen LogP) is 3.20. The lowest BCUT2D eigenvalue weighted by Gasteiger charge is -2.13. The summed E-state index contributed by atoms with van der Waals surface area (Å²) in [6, 6.07) is 7.96. The Morgan fingerprint density at radius 2 is 1.74 bits per heavy atom. The van der Waals surface area contributed by atoms with E-state index in [1.807, 2.05) is 24.3 Å². The third-order valence-electron chi connectivity index (χ3n) is 4.65. The fourth-order valence-corrected chi connectivity index (χ4v) is 3.50. The van der Waals surface area contributed by atoms with Gasteiger partial charge in [0.2, 0.25) is 0 Å². The van der Waals surface area contributed by atoms with Gasteiger partial charge in [0.05, 0.1) is 18.2 Å². The van der Waals surface area contributed by atoms with Gasteiger partial charge in [-0.25, -0.2) is 4.98 Å². The molecule has 2 aromatic heterocycles. The monoisotopic (exact) mass is 309 g/mol. The first-order chi connectivity index (χ1) is 11.3. The van der Waals surface area contributed by atoms with Crippen LogP contribution in [0.5, 0.6) is 5.75 Å². The number of H-pyrrole nitrogens is 2. The highest BCUT2D eigenvalue weighted by molar-refractivity contribution is 5.84. The Bertz CT molecular complexity index is 906. The highest BCUT2D eigenvalue weighted by Crippen LogP contribution is 2.33. The molecule has 0 aliphatic heterocycles. The van der Waals surface area contributed by atoms with Gasteiger partial charge in [0.25, 0.3) is 5.56 Å². The molecule has 0 atom stereocenters. The summed E-state index contributed by atoms with van der Waals surface area (Å²) in [5.74, 6) is 0.830. The first kappa shape index (κ1) is 14.1. The molecule has 0 unspecified atom stereocenters. The molecule has 23 heavy (non-hydrogen) atoms. The molecule has 0 bridgehead atoms. The van der Waals surface area contributed by atoms with Crippen molar-refractivity contribution in [1.82, 2.24) is 15.2 Å². The molecule has 0 fully saturated rings. The van der Waals surface area contributed by atoms with E-state index in [1.54, 1.807) is 7.11 Å². The Morgan fingerprint density at radius 3 is 2.48 bits per heavy atom. The standard InChI is InChI=1S/C18H19N3O2/c1-23-12-9-7-11(8-10-12)16-14-6-4-2-3-5-13(14)15-17(19-16)20-21-18(15)22/h7-10H,2-6H2,1H3,(H2,19,20,21,22). The lowest BCUT2D eigenvalue weighted by atomic mass is 9.95. The predicted molar refractivity (Wildman–Crippen MR) is 90.0 cm³/mol. The van der Waals surface area contributed by atoms with Crippen LogP contribution in [0.4, 0.5) is 0 Å². The highest BCUT2D eigenvalue weighted by atomic mass is 16.5. The van der Waals surface area contributed by atoms with E-state index < -0.39 is 0 Å².